The van der Waals surface area contributed by atoms with Crippen LogP contribution in [0.2, 0.25) is 0 Å². The van der Waals surface area contributed by atoms with Crippen molar-refractivity contribution >= 4 is 0 Å². The van der Waals surface area contributed by atoms with Gasteiger partial charge in [0.25, 0.3) is 0 Å². The van der Waals surface area contributed by atoms with Crippen molar-refractivity contribution in [1.82, 2.24) is 0 Å². The van der Waals surface area contributed by atoms with Crippen LogP contribution in [-0.4, -0.2) is 0 Å². The fourth-order valence-corrected chi connectivity index (χ4v) is 1.97. The van der Waals surface area contributed by atoms with Gasteiger partial charge in [0.2, 0.25) is 0 Å². The number of hydrogen-bond donors (Lipinski definition) is 0. The minimum Gasteiger partial charge on any atom is -0.0683 e. The third-order valence-corrected chi connectivity index (χ3v) is 3.21. The van der Waals surface area contributed by atoms with Crippen LogP contribution in [0.4, 0.5) is 0 Å². The summed E-state index contributed by atoms with van der Waals surface area (Å²) in [5.41, 5.74) is 2.96. The molecule has 0 aliphatic rings. The van der Waals surface area contributed by atoms with Gasteiger partial charge in [-0.05, 0) is 36.3 Å². The predicted octanol–water partition coefficient (Wildman–Crippen LogP) is 5.25. The van der Waals surface area contributed by atoms with E-state index >= 15 is 0 Å². The monoisotopic (exact) mass is 220 g/mol. The summed E-state index contributed by atoms with van der Waals surface area (Å²) in [6, 6.07) is 8.74. The maximum atomic E-state index is 2.33. The van der Waals surface area contributed by atoms with Gasteiger partial charge in [-0.15, -0.1) is 0 Å². The van der Waals surface area contributed by atoms with Crippen LogP contribution in [-0.2, 0) is 6.42 Å². The maximum absolute atomic E-state index is 2.33. The van der Waals surface area contributed by atoms with Gasteiger partial charge in [0.1, 0.15) is 0 Å². The molecule has 1 unspecified atom stereocenters. The first-order valence-electron chi connectivity index (χ1n) is 6.69. The van der Waals surface area contributed by atoms with Crippen LogP contribution in [0.3, 0.4) is 0 Å². The summed E-state index contributed by atoms with van der Waals surface area (Å²) in [6.45, 7) is 13.2. The maximum Gasteiger partial charge on any atom is -0.0245 e. The van der Waals surface area contributed by atoms with E-state index in [0.29, 0.717) is 0 Å². The van der Waals surface area contributed by atoms with E-state index in [1.54, 1.807) is 0 Å². The molecule has 0 aliphatic heterocycles. The van der Waals surface area contributed by atoms with E-state index in [-0.39, 0.29) is 0 Å². The predicted molar refractivity (Wildman–Crippen MR) is 74.9 cm³/mol. The average Bonchev–Trinajstić information content (AvgIpc) is 2.30. The molecule has 0 saturated heterocycles. The topological polar surface area (TPSA) is 0 Å². The second-order valence-electron chi connectivity index (χ2n) is 4.54. The molecule has 0 saturated carbocycles. The first-order valence-corrected chi connectivity index (χ1v) is 6.69. The van der Waals surface area contributed by atoms with E-state index < -0.39 is 0 Å². The van der Waals surface area contributed by atoms with Crippen molar-refractivity contribution in [2.24, 2.45) is 11.8 Å². The first-order chi connectivity index (χ1) is 7.65. The van der Waals surface area contributed by atoms with E-state index in [4.69, 9.17) is 0 Å². The molecular weight excluding hydrogens is 192 g/mol. The summed E-state index contributed by atoms with van der Waals surface area (Å²) < 4.78 is 0. The molecule has 0 spiro atoms. The van der Waals surface area contributed by atoms with E-state index in [9.17, 15) is 0 Å². The lowest BCUT2D eigenvalue weighted by Crippen LogP contribution is -2.11. The third kappa shape index (κ3) is 4.83. The van der Waals surface area contributed by atoms with Gasteiger partial charge in [-0.2, -0.15) is 0 Å². The van der Waals surface area contributed by atoms with E-state index in [0.717, 1.165) is 11.8 Å². The van der Waals surface area contributed by atoms with E-state index in [1.165, 1.54) is 24.0 Å². The molecule has 0 bridgehead atoms. The van der Waals surface area contributed by atoms with Crippen LogP contribution in [0, 0.1) is 18.8 Å². The minimum absolute atomic E-state index is 0.791. The summed E-state index contributed by atoms with van der Waals surface area (Å²) in [5.74, 6) is 1.62. The van der Waals surface area contributed by atoms with Crippen LogP contribution in [0.25, 0.3) is 0 Å². The molecule has 92 valence electrons. The minimum atomic E-state index is 0.791. The van der Waals surface area contributed by atoms with Crippen LogP contribution in [0.15, 0.2) is 24.3 Å². The molecule has 0 aromatic heterocycles. The fraction of sp³-hybridized carbons (Fsp3) is 0.625. The molecule has 16 heavy (non-hydrogen) atoms. The summed E-state index contributed by atoms with van der Waals surface area (Å²) in [4.78, 5) is 0. The Labute approximate surface area is 102 Å². The Morgan fingerprint density at radius 2 is 1.62 bits per heavy atom. The molecule has 0 fully saturated rings. The highest BCUT2D eigenvalue weighted by Crippen LogP contribution is 2.21. The Balaban J connectivity index is 0.00000106. The lowest BCUT2D eigenvalue weighted by molar-refractivity contribution is 0.370. The zero-order chi connectivity index (χ0) is 12.6. The fourth-order valence-electron chi connectivity index (χ4n) is 1.97. The Morgan fingerprint density at radius 3 is 2.06 bits per heavy atom. The lowest BCUT2D eigenvalue weighted by Gasteiger charge is -2.19. The molecule has 1 atom stereocenters. The zero-order valence-electron chi connectivity index (χ0n) is 11.9. The Hall–Kier alpha value is -0.780. The molecule has 0 heteroatoms. The van der Waals surface area contributed by atoms with Crippen molar-refractivity contribution in [2.75, 3.05) is 0 Å². The first kappa shape index (κ1) is 15.2. The van der Waals surface area contributed by atoms with Gasteiger partial charge in [0.05, 0.1) is 0 Å². The summed E-state index contributed by atoms with van der Waals surface area (Å²) in [6.07, 6.45) is 2.52. The Bertz CT molecular complexity index is 273. The number of benzene rings is 1. The summed E-state index contributed by atoms with van der Waals surface area (Å²) >= 11 is 0. The van der Waals surface area contributed by atoms with Gasteiger partial charge in [0, 0.05) is 0 Å². The van der Waals surface area contributed by atoms with Gasteiger partial charge in [-0.3, -0.25) is 0 Å². The molecule has 1 aromatic carbocycles. The van der Waals surface area contributed by atoms with Crippen LogP contribution < -0.4 is 0 Å². The molecule has 0 radical (unpaired) electrons. The molecule has 0 nitrogen and oxygen atoms in total. The zero-order valence-corrected chi connectivity index (χ0v) is 11.9. The normalized spacial score (nSPS) is 11.9. The third-order valence-electron chi connectivity index (χ3n) is 3.21. The van der Waals surface area contributed by atoms with E-state index in [2.05, 4.69) is 52.0 Å². The molecule has 0 N–H and O–H groups in total. The van der Waals surface area contributed by atoms with Crippen molar-refractivity contribution in [3.63, 3.8) is 0 Å². The highest BCUT2D eigenvalue weighted by atomic mass is 14.2. The Morgan fingerprint density at radius 1 is 1.06 bits per heavy atom. The molecule has 0 aliphatic carbocycles. The van der Waals surface area contributed by atoms with Gasteiger partial charge in [-0.1, -0.05) is 65.3 Å². The molecule has 1 rings (SSSR count). The van der Waals surface area contributed by atoms with Crippen molar-refractivity contribution in [2.45, 2.75) is 54.4 Å². The van der Waals surface area contributed by atoms with Crippen LogP contribution >= 0.6 is 0 Å². The average molecular weight is 220 g/mol. The number of hydrogen-bond acceptors (Lipinski definition) is 0. The van der Waals surface area contributed by atoms with Crippen LogP contribution in [0.1, 0.15) is 52.2 Å². The van der Waals surface area contributed by atoms with Gasteiger partial charge >= 0.3 is 0 Å². The molecule has 0 amide bonds. The lowest BCUT2D eigenvalue weighted by atomic mass is 9.86. The molecule has 0 heterocycles. The van der Waals surface area contributed by atoms with Crippen molar-refractivity contribution in [3.05, 3.63) is 35.4 Å². The largest absolute Gasteiger partial charge is 0.0683 e. The van der Waals surface area contributed by atoms with Crippen molar-refractivity contribution in [3.8, 4) is 0 Å². The molecule has 1 aromatic rings. The van der Waals surface area contributed by atoms with Gasteiger partial charge in [0.15, 0.2) is 0 Å². The number of rotatable bonds is 4. The summed E-state index contributed by atoms with van der Waals surface area (Å²) in [5, 5.41) is 0. The highest BCUT2D eigenvalue weighted by Gasteiger charge is 2.12. The van der Waals surface area contributed by atoms with Gasteiger partial charge in [-0.25, -0.2) is 0 Å². The van der Waals surface area contributed by atoms with Crippen molar-refractivity contribution in [1.29, 1.82) is 0 Å². The number of aryl methyl sites for hydroxylation is 1. The highest BCUT2D eigenvalue weighted by molar-refractivity contribution is 5.25. The smallest absolute Gasteiger partial charge is 0.0245 e. The SMILES string of the molecule is CC.CCC(Cc1ccccc1C)C(C)C. The molecular formula is C16H28. The van der Waals surface area contributed by atoms with Crippen molar-refractivity contribution < 1.29 is 0 Å². The second kappa shape index (κ2) is 8.38. The summed E-state index contributed by atoms with van der Waals surface area (Å²) in [7, 11) is 0. The Kier molecular flexibility index (Phi) is 7.97. The quantitative estimate of drug-likeness (QED) is 0.650. The van der Waals surface area contributed by atoms with E-state index in [1.807, 2.05) is 13.8 Å². The second-order valence-corrected chi connectivity index (χ2v) is 4.54. The standard InChI is InChI=1S/C14H22.C2H6/c1-5-13(11(2)3)10-14-9-7-6-8-12(14)4;1-2/h6-9,11,13H,5,10H2,1-4H3;1-2H3. The van der Waals surface area contributed by atoms with Crippen LogP contribution in [0.5, 0.6) is 0 Å². The van der Waals surface area contributed by atoms with Gasteiger partial charge < -0.3 is 0 Å².